The lowest BCUT2D eigenvalue weighted by Gasteiger charge is -2.34. The van der Waals surface area contributed by atoms with E-state index in [1.165, 1.54) is 16.8 Å². The minimum atomic E-state index is 0. The minimum absolute atomic E-state index is 0. The number of aryl methyl sites for hydroxylation is 2. The summed E-state index contributed by atoms with van der Waals surface area (Å²) in [6.07, 6.45) is 1.85. The van der Waals surface area contributed by atoms with Crippen LogP contribution in [-0.2, 0) is 0 Å². The Kier molecular flexibility index (Phi) is 7.36. The molecular weight excluding hydrogens is 408 g/mol. The molecule has 0 saturated carbocycles. The molecule has 1 aromatic heterocycles. The molecule has 0 spiro atoms. The SMILES string of the molecule is Cc1cnc(Nc2ccc(N3CCN(C)CC3)cc2)nc1Nc1cccc(C)c1C.Cl. The van der Waals surface area contributed by atoms with Crippen LogP contribution in [0.3, 0.4) is 0 Å². The van der Waals surface area contributed by atoms with Crippen LogP contribution in [0.1, 0.15) is 16.7 Å². The van der Waals surface area contributed by atoms with Crippen LogP contribution >= 0.6 is 12.4 Å². The van der Waals surface area contributed by atoms with Gasteiger partial charge >= 0.3 is 0 Å². The molecule has 2 heterocycles. The minimum Gasteiger partial charge on any atom is -0.369 e. The summed E-state index contributed by atoms with van der Waals surface area (Å²) in [4.78, 5) is 14.0. The van der Waals surface area contributed by atoms with E-state index in [2.05, 4.69) is 88.8 Å². The standard InChI is InChI=1S/C24H30N6.ClH/c1-17-6-5-7-22(19(17)3)27-23-18(2)16-25-24(28-23)26-20-8-10-21(11-9-20)30-14-12-29(4)13-15-30;/h5-11,16H,12-15H2,1-4H3,(H2,25,26,27,28);1H. The first-order valence-electron chi connectivity index (χ1n) is 10.5. The summed E-state index contributed by atoms with van der Waals surface area (Å²) in [5, 5.41) is 6.79. The van der Waals surface area contributed by atoms with Crippen molar-refractivity contribution in [2.45, 2.75) is 20.8 Å². The second-order valence-electron chi connectivity index (χ2n) is 8.06. The summed E-state index contributed by atoms with van der Waals surface area (Å²) in [5.74, 6) is 1.40. The molecule has 1 saturated heterocycles. The molecular formula is C24H31ClN6. The van der Waals surface area contributed by atoms with Crippen LogP contribution in [0.5, 0.6) is 0 Å². The van der Waals surface area contributed by atoms with Crippen molar-refractivity contribution in [3.63, 3.8) is 0 Å². The summed E-state index contributed by atoms with van der Waals surface area (Å²) in [6.45, 7) is 10.6. The Morgan fingerprint density at radius 3 is 2.26 bits per heavy atom. The van der Waals surface area contributed by atoms with E-state index < -0.39 is 0 Å². The lowest BCUT2D eigenvalue weighted by Crippen LogP contribution is -2.44. The second-order valence-corrected chi connectivity index (χ2v) is 8.06. The Labute approximate surface area is 191 Å². The normalized spacial score (nSPS) is 14.1. The molecule has 0 aliphatic carbocycles. The predicted molar refractivity (Wildman–Crippen MR) is 133 cm³/mol. The van der Waals surface area contributed by atoms with Crippen LogP contribution < -0.4 is 15.5 Å². The molecule has 2 N–H and O–H groups in total. The maximum atomic E-state index is 4.70. The van der Waals surface area contributed by atoms with Crippen molar-refractivity contribution in [1.29, 1.82) is 0 Å². The van der Waals surface area contributed by atoms with Crippen molar-refractivity contribution in [3.8, 4) is 0 Å². The number of likely N-dealkylation sites (N-methyl/N-ethyl adjacent to an activating group) is 1. The number of hydrogen-bond acceptors (Lipinski definition) is 6. The molecule has 1 fully saturated rings. The van der Waals surface area contributed by atoms with Crippen LogP contribution in [0, 0.1) is 20.8 Å². The quantitative estimate of drug-likeness (QED) is 0.580. The Morgan fingerprint density at radius 1 is 0.839 bits per heavy atom. The van der Waals surface area contributed by atoms with Gasteiger partial charge in [0.2, 0.25) is 5.95 Å². The molecule has 7 heteroatoms. The van der Waals surface area contributed by atoms with Crippen molar-refractivity contribution in [1.82, 2.24) is 14.9 Å². The van der Waals surface area contributed by atoms with Gasteiger partial charge in [0.15, 0.2) is 0 Å². The topological polar surface area (TPSA) is 56.3 Å². The van der Waals surface area contributed by atoms with Crippen LogP contribution in [0.2, 0.25) is 0 Å². The number of piperazine rings is 1. The number of halogens is 1. The third-order valence-electron chi connectivity index (χ3n) is 5.82. The first-order valence-corrected chi connectivity index (χ1v) is 10.5. The van der Waals surface area contributed by atoms with Crippen molar-refractivity contribution < 1.29 is 0 Å². The van der Waals surface area contributed by atoms with Gasteiger partial charge in [0, 0.05) is 55.0 Å². The Balaban J connectivity index is 0.00000272. The number of rotatable bonds is 5. The number of anilines is 5. The van der Waals surface area contributed by atoms with E-state index in [0.717, 1.165) is 48.9 Å². The average molecular weight is 439 g/mol. The highest BCUT2D eigenvalue weighted by molar-refractivity contribution is 5.85. The van der Waals surface area contributed by atoms with E-state index in [-0.39, 0.29) is 12.4 Å². The van der Waals surface area contributed by atoms with E-state index in [4.69, 9.17) is 4.98 Å². The maximum absolute atomic E-state index is 4.70. The highest BCUT2D eigenvalue weighted by atomic mass is 35.5. The molecule has 0 bridgehead atoms. The van der Waals surface area contributed by atoms with E-state index >= 15 is 0 Å². The number of nitrogens with one attached hydrogen (secondary N) is 2. The van der Waals surface area contributed by atoms with Gasteiger partial charge in [-0.3, -0.25) is 0 Å². The first-order chi connectivity index (χ1) is 14.5. The number of benzene rings is 2. The summed E-state index contributed by atoms with van der Waals surface area (Å²) in [6, 6.07) is 14.8. The van der Waals surface area contributed by atoms with Crippen LogP contribution in [0.4, 0.5) is 28.8 Å². The fourth-order valence-electron chi connectivity index (χ4n) is 3.59. The fourth-order valence-corrected chi connectivity index (χ4v) is 3.59. The van der Waals surface area contributed by atoms with Gasteiger partial charge in [-0.05, 0) is 69.3 Å². The Hall–Kier alpha value is -2.83. The Morgan fingerprint density at radius 2 is 1.55 bits per heavy atom. The monoisotopic (exact) mass is 438 g/mol. The van der Waals surface area contributed by atoms with Crippen LogP contribution in [0.15, 0.2) is 48.7 Å². The smallest absolute Gasteiger partial charge is 0.229 e. The molecule has 1 aliphatic rings. The Bertz CT molecular complexity index is 1010. The third-order valence-corrected chi connectivity index (χ3v) is 5.82. The van der Waals surface area contributed by atoms with Gasteiger partial charge in [0.25, 0.3) is 0 Å². The van der Waals surface area contributed by atoms with Gasteiger partial charge in [-0.15, -0.1) is 12.4 Å². The molecule has 0 unspecified atom stereocenters. The van der Waals surface area contributed by atoms with Crippen LogP contribution in [0.25, 0.3) is 0 Å². The van der Waals surface area contributed by atoms with E-state index in [1.54, 1.807) is 0 Å². The van der Waals surface area contributed by atoms with Crippen molar-refractivity contribution in [3.05, 3.63) is 65.4 Å². The largest absolute Gasteiger partial charge is 0.369 e. The zero-order valence-corrected chi connectivity index (χ0v) is 19.5. The average Bonchev–Trinajstić information content (AvgIpc) is 2.75. The zero-order valence-electron chi connectivity index (χ0n) is 18.6. The van der Waals surface area contributed by atoms with Crippen molar-refractivity contribution >= 4 is 41.2 Å². The molecule has 6 nitrogen and oxygen atoms in total. The summed E-state index contributed by atoms with van der Waals surface area (Å²) in [7, 11) is 2.18. The van der Waals surface area contributed by atoms with Gasteiger partial charge in [-0.2, -0.15) is 4.98 Å². The van der Waals surface area contributed by atoms with Crippen LogP contribution in [-0.4, -0.2) is 48.1 Å². The molecule has 31 heavy (non-hydrogen) atoms. The number of hydrogen-bond donors (Lipinski definition) is 2. The predicted octanol–water partition coefficient (Wildman–Crippen LogP) is 5.06. The van der Waals surface area contributed by atoms with Gasteiger partial charge in [0.05, 0.1) is 0 Å². The van der Waals surface area contributed by atoms with Gasteiger partial charge in [-0.25, -0.2) is 4.98 Å². The van der Waals surface area contributed by atoms with E-state index in [0.29, 0.717) is 5.95 Å². The molecule has 0 radical (unpaired) electrons. The van der Waals surface area contributed by atoms with Gasteiger partial charge in [0.1, 0.15) is 5.82 Å². The molecule has 4 rings (SSSR count). The number of nitrogens with zero attached hydrogens (tertiary/aromatic N) is 4. The summed E-state index contributed by atoms with van der Waals surface area (Å²) in [5.41, 5.74) is 6.80. The molecule has 1 aliphatic heterocycles. The van der Waals surface area contributed by atoms with Gasteiger partial charge < -0.3 is 20.4 Å². The lowest BCUT2D eigenvalue weighted by atomic mass is 10.1. The van der Waals surface area contributed by atoms with E-state index in [9.17, 15) is 0 Å². The maximum Gasteiger partial charge on any atom is 0.229 e. The van der Waals surface area contributed by atoms with Crippen molar-refractivity contribution in [2.75, 3.05) is 48.8 Å². The van der Waals surface area contributed by atoms with E-state index in [1.807, 2.05) is 13.1 Å². The molecule has 3 aromatic rings. The fraction of sp³-hybridized carbons (Fsp3) is 0.333. The number of aromatic nitrogens is 2. The van der Waals surface area contributed by atoms with Crippen molar-refractivity contribution in [2.24, 2.45) is 0 Å². The lowest BCUT2D eigenvalue weighted by molar-refractivity contribution is 0.313. The molecule has 2 aromatic carbocycles. The van der Waals surface area contributed by atoms with Gasteiger partial charge in [-0.1, -0.05) is 12.1 Å². The highest BCUT2D eigenvalue weighted by Crippen LogP contribution is 2.25. The second kappa shape index (κ2) is 9.98. The summed E-state index contributed by atoms with van der Waals surface area (Å²) >= 11 is 0. The third kappa shape index (κ3) is 5.46. The summed E-state index contributed by atoms with van der Waals surface area (Å²) < 4.78 is 0. The highest BCUT2D eigenvalue weighted by Gasteiger charge is 2.14. The zero-order chi connectivity index (χ0) is 21.1. The first kappa shape index (κ1) is 22.8. The molecule has 164 valence electrons. The molecule has 0 atom stereocenters. The molecule has 0 amide bonds.